The zero-order valence-corrected chi connectivity index (χ0v) is 12.2. The Morgan fingerprint density at radius 3 is 2.83 bits per heavy atom. The van der Waals surface area contributed by atoms with Gasteiger partial charge < -0.3 is 10.4 Å². The van der Waals surface area contributed by atoms with E-state index >= 15 is 0 Å². The number of aliphatic hydroxyl groups excluding tert-OH is 1. The molecule has 1 heterocycles. The number of nitrogens with one attached hydrogen (secondary N) is 1. The number of benzene rings is 1. The molecule has 2 N–H and O–H groups in total. The number of aromatic nitrogens is 1. The highest BCUT2D eigenvalue weighted by Gasteiger charge is 2.11. The maximum atomic E-state index is 9.30. The standard InChI is InChI=1S/C13H18N2OS2/c1-9(2)14-10(7-16)8-17-13-15-11-5-3-4-6-12(11)18-13/h3-6,9-10,14,16H,7-8H2,1-2H3. The summed E-state index contributed by atoms with van der Waals surface area (Å²) in [5, 5.41) is 12.6. The first-order chi connectivity index (χ1) is 8.69. The van der Waals surface area contributed by atoms with Crippen molar-refractivity contribution < 1.29 is 5.11 Å². The molecule has 2 rings (SSSR count). The maximum Gasteiger partial charge on any atom is 0.151 e. The quantitative estimate of drug-likeness (QED) is 0.800. The van der Waals surface area contributed by atoms with Crippen molar-refractivity contribution >= 4 is 33.3 Å². The summed E-state index contributed by atoms with van der Waals surface area (Å²) in [5.74, 6) is 0.842. The van der Waals surface area contributed by atoms with Crippen molar-refractivity contribution in [2.24, 2.45) is 0 Å². The Kier molecular flexibility index (Phi) is 5.00. The second-order valence-corrected chi connectivity index (χ2v) is 6.76. The number of nitrogens with zero attached hydrogens (tertiary/aromatic N) is 1. The Morgan fingerprint density at radius 2 is 2.17 bits per heavy atom. The van der Waals surface area contributed by atoms with Gasteiger partial charge in [0.2, 0.25) is 0 Å². The van der Waals surface area contributed by atoms with E-state index in [9.17, 15) is 5.11 Å². The van der Waals surface area contributed by atoms with Gasteiger partial charge in [0, 0.05) is 17.8 Å². The smallest absolute Gasteiger partial charge is 0.151 e. The Labute approximate surface area is 116 Å². The second-order valence-electron chi connectivity index (χ2n) is 4.46. The summed E-state index contributed by atoms with van der Waals surface area (Å²) in [6.07, 6.45) is 0. The Morgan fingerprint density at radius 1 is 1.39 bits per heavy atom. The Hall–Kier alpha value is -0.620. The van der Waals surface area contributed by atoms with Crippen LogP contribution in [0.2, 0.25) is 0 Å². The van der Waals surface area contributed by atoms with E-state index in [0.29, 0.717) is 6.04 Å². The lowest BCUT2D eigenvalue weighted by molar-refractivity contribution is 0.247. The first kappa shape index (κ1) is 13.8. The molecule has 2 aromatic rings. The second kappa shape index (κ2) is 6.52. The molecule has 0 spiro atoms. The van der Waals surface area contributed by atoms with Gasteiger partial charge in [0.1, 0.15) is 0 Å². The summed E-state index contributed by atoms with van der Waals surface area (Å²) in [4.78, 5) is 4.57. The number of hydrogen-bond donors (Lipinski definition) is 2. The van der Waals surface area contributed by atoms with E-state index in [0.717, 1.165) is 15.6 Å². The van der Waals surface area contributed by atoms with Crippen LogP contribution in [-0.4, -0.2) is 34.5 Å². The van der Waals surface area contributed by atoms with Gasteiger partial charge in [-0.25, -0.2) is 4.98 Å². The zero-order chi connectivity index (χ0) is 13.0. The number of para-hydroxylation sites is 1. The van der Waals surface area contributed by atoms with E-state index < -0.39 is 0 Å². The minimum atomic E-state index is 0.127. The molecule has 0 saturated carbocycles. The van der Waals surface area contributed by atoms with Crippen molar-refractivity contribution in [3.05, 3.63) is 24.3 Å². The van der Waals surface area contributed by atoms with Crippen molar-refractivity contribution in [2.45, 2.75) is 30.3 Å². The van der Waals surface area contributed by atoms with Crippen LogP contribution in [0.15, 0.2) is 28.6 Å². The highest BCUT2D eigenvalue weighted by molar-refractivity contribution is 8.01. The molecule has 3 nitrogen and oxygen atoms in total. The van der Waals surface area contributed by atoms with Gasteiger partial charge in [-0.1, -0.05) is 37.7 Å². The van der Waals surface area contributed by atoms with E-state index in [2.05, 4.69) is 30.2 Å². The average molecular weight is 282 g/mol. The number of thiazole rings is 1. The number of aliphatic hydroxyl groups is 1. The molecule has 18 heavy (non-hydrogen) atoms. The van der Waals surface area contributed by atoms with Crippen LogP contribution in [0.1, 0.15) is 13.8 Å². The topological polar surface area (TPSA) is 45.1 Å². The predicted molar refractivity (Wildman–Crippen MR) is 79.5 cm³/mol. The van der Waals surface area contributed by atoms with Gasteiger partial charge in [-0.05, 0) is 12.1 Å². The number of rotatable bonds is 6. The number of fused-ring (bicyclic) bond motifs is 1. The molecule has 0 bridgehead atoms. The molecule has 0 aliphatic heterocycles. The Balaban J connectivity index is 1.96. The summed E-state index contributed by atoms with van der Waals surface area (Å²) in [7, 11) is 0. The molecule has 1 unspecified atom stereocenters. The van der Waals surface area contributed by atoms with E-state index in [1.807, 2.05) is 18.2 Å². The highest BCUT2D eigenvalue weighted by atomic mass is 32.2. The molecule has 5 heteroatoms. The first-order valence-corrected chi connectivity index (χ1v) is 7.84. The van der Waals surface area contributed by atoms with Gasteiger partial charge in [-0.2, -0.15) is 0 Å². The van der Waals surface area contributed by atoms with Crippen molar-refractivity contribution in [1.29, 1.82) is 0 Å². The normalized spacial score (nSPS) is 13.3. The van der Waals surface area contributed by atoms with Gasteiger partial charge in [0.15, 0.2) is 4.34 Å². The highest BCUT2D eigenvalue weighted by Crippen LogP contribution is 2.29. The fraction of sp³-hybridized carbons (Fsp3) is 0.462. The third-order valence-corrected chi connectivity index (χ3v) is 4.81. The van der Waals surface area contributed by atoms with E-state index in [-0.39, 0.29) is 12.6 Å². The molecule has 98 valence electrons. The zero-order valence-electron chi connectivity index (χ0n) is 10.6. The van der Waals surface area contributed by atoms with Crippen LogP contribution in [0.25, 0.3) is 10.2 Å². The summed E-state index contributed by atoms with van der Waals surface area (Å²) in [6, 6.07) is 8.68. The molecule has 0 aliphatic carbocycles. The molecule has 0 amide bonds. The van der Waals surface area contributed by atoms with E-state index in [1.165, 1.54) is 4.70 Å². The van der Waals surface area contributed by atoms with Gasteiger partial charge in [0.25, 0.3) is 0 Å². The van der Waals surface area contributed by atoms with Crippen molar-refractivity contribution in [1.82, 2.24) is 10.3 Å². The van der Waals surface area contributed by atoms with Crippen LogP contribution in [0.4, 0.5) is 0 Å². The fourth-order valence-electron chi connectivity index (χ4n) is 1.71. The van der Waals surface area contributed by atoms with Crippen molar-refractivity contribution in [3.63, 3.8) is 0 Å². The Bertz CT molecular complexity index is 465. The third kappa shape index (κ3) is 3.68. The average Bonchev–Trinajstić information content (AvgIpc) is 2.76. The molecule has 0 aliphatic rings. The van der Waals surface area contributed by atoms with Gasteiger partial charge in [-0.3, -0.25) is 0 Å². The lowest BCUT2D eigenvalue weighted by Crippen LogP contribution is -2.39. The number of hydrogen-bond acceptors (Lipinski definition) is 5. The lowest BCUT2D eigenvalue weighted by atomic mass is 10.3. The fourth-order valence-corrected chi connectivity index (χ4v) is 3.82. The van der Waals surface area contributed by atoms with Gasteiger partial charge in [-0.15, -0.1) is 11.3 Å². The lowest BCUT2D eigenvalue weighted by Gasteiger charge is -2.17. The van der Waals surface area contributed by atoms with E-state index in [4.69, 9.17) is 0 Å². The van der Waals surface area contributed by atoms with Crippen LogP contribution in [0, 0.1) is 0 Å². The SMILES string of the molecule is CC(C)NC(CO)CSc1nc2ccccc2s1. The van der Waals surface area contributed by atoms with Crippen LogP contribution < -0.4 is 5.32 Å². The van der Waals surface area contributed by atoms with Crippen molar-refractivity contribution in [2.75, 3.05) is 12.4 Å². The minimum Gasteiger partial charge on any atom is -0.395 e. The summed E-state index contributed by atoms with van der Waals surface area (Å²) < 4.78 is 2.29. The predicted octanol–water partition coefficient (Wildman–Crippen LogP) is 2.75. The van der Waals surface area contributed by atoms with Crippen LogP contribution >= 0.6 is 23.1 Å². The monoisotopic (exact) mass is 282 g/mol. The minimum absolute atomic E-state index is 0.127. The summed E-state index contributed by atoms with van der Waals surface area (Å²) in [6.45, 7) is 4.34. The van der Waals surface area contributed by atoms with Gasteiger partial charge >= 0.3 is 0 Å². The van der Waals surface area contributed by atoms with E-state index in [1.54, 1.807) is 23.1 Å². The third-order valence-electron chi connectivity index (χ3n) is 2.47. The van der Waals surface area contributed by atoms with Crippen LogP contribution in [-0.2, 0) is 0 Å². The molecule has 1 aromatic carbocycles. The molecule has 1 atom stereocenters. The molecular formula is C13H18N2OS2. The molecule has 0 fully saturated rings. The molecule has 0 saturated heterocycles. The largest absolute Gasteiger partial charge is 0.395 e. The summed E-state index contributed by atoms with van der Waals surface area (Å²) in [5.41, 5.74) is 1.06. The molecular weight excluding hydrogens is 264 g/mol. The van der Waals surface area contributed by atoms with Crippen LogP contribution in [0.3, 0.4) is 0 Å². The maximum absolute atomic E-state index is 9.30. The molecule has 1 aromatic heterocycles. The molecule has 0 radical (unpaired) electrons. The number of thioether (sulfide) groups is 1. The van der Waals surface area contributed by atoms with Crippen molar-refractivity contribution in [3.8, 4) is 0 Å². The first-order valence-electron chi connectivity index (χ1n) is 6.04. The van der Waals surface area contributed by atoms with Crippen LogP contribution in [0.5, 0.6) is 0 Å². The van der Waals surface area contributed by atoms with Gasteiger partial charge in [0.05, 0.1) is 16.8 Å². The summed E-state index contributed by atoms with van der Waals surface area (Å²) >= 11 is 3.42.